The summed E-state index contributed by atoms with van der Waals surface area (Å²) in [4.78, 5) is 32.7. The van der Waals surface area contributed by atoms with Crippen LogP contribution in [0.25, 0.3) is 10.8 Å². The van der Waals surface area contributed by atoms with Gasteiger partial charge in [-0.25, -0.2) is 4.79 Å². The number of hydrogen-bond donors (Lipinski definition) is 2. The van der Waals surface area contributed by atoms with Crippen LogP contribution >= 0.6 is 0 Å². The molecule has 3 aliphatic rings. The van der Waals surface area contributed by atoms with Gasteiger partial charge in [0, 0.05) is 50.3 Å². The highest BCUT2D eigenvalue weighted by molar-refractivity contribution is 6.03. The lowest BCUT2D eigenvalue weighted by Crippen LogP contribution is -2.69. The van der Waals surface area contributed by atoms with Crippen molar-refractivity contribution in [3.8, 4) is 17.2 Å². The Bertz CT molecular complexity index is 2340. The first-order valence-electron chi connectivity index (χ1n) is 22.4. The summed E-state index contributed by atoms with van der Waals surface area (Å²) in [7, 11) is 1.70. The minimum absolute atomic E-state index is 0.0171. The van der Waals surface area contributed by atoms with E-state index in [1.54, 1.807) is 30.2 Å². The average Bonchev–Trinajstić information content (AvgIpc) is 3.28. The van der Waals surface area contributed by atoms with E-state index in [9.17, 15) is 25.1 Å². The number of non-ortho nitro benzene ring substituents is 1. The summed E-state index contributed by atoms with van der Waals surface area (Å²) in [5, 5.41) is 38.2. The fourth-order valence-corrected chi connectivity index (χ4v) is 9.56. The summed E-state index contributed by atoms with van der Waals surface area (Å²) in [6, 6.07) is 25.4. The van der Waals surface area contributed by atoms with Crippen LogP contribution in [0.15, 0.2) is 114 Å². The second-order valence-corrected chi connectivity index (χ2v) is 18.3. The van der Waals surface area contributed by atoms with Crippen molar-refractivity contribution >= 4 is 28.3 Å². The van der Waals surface area contributed by atoms with E-state index in [2.05, 4.69) is 30.9 Å². The van der Waals surface area contributed by atoms with Gasteiger partial charge < -0.3 is 38.9 Å². The first kappa shape index (κ1) is 46.2. The minimum Gasteiger partial charge on any atom is -0.459 e. The van der Waals surface area contributed by atoms with Crippen LogP contribution in [0.5, 0.6) is 17.2 Å². The number of rotatable bonds is 19. The Morgan fingerprint density at radius 2 is 1.67 bits per heavy atom. The van der Waals surface area contributed by atoms with Crippen molar-refractivity contribution in [2.45, 2.75) is 90.1 Å². The first-order valence-corrected chi connectivity index (χ1v) is 22.4. The number of hydrogen-bond acceptors (Lipinski definition) is 11. The molecule has 2 aliphatic carbocycles. The standard InChI is InChI=1S/C51H61N3O10/c1-6-27-61-51-46(53(5)49(57)60-33-50(2,3)4)31-44(52-62-32-34-17-20-38(21-18-34)54(58)59)42-29-37(15-9-11-25-55)41(16-10-12-26-56)47(48(42)51)43-30-40(23-24-45(43)64-51)63-39-22-19-35-13-7-8-14-36(35)28-39/h6-8,13-14,17-24,28-30,37,41,46-48,55-56H,1,9-12,15-16,25-27,31-33H2,2-5H3/t37-,41+,46-,47+,48+,51+/m0/s1. The number of amides is 1. The van der Waals surface area contributed by atoms with E-state index in [0.717, 1.165) is 47.6 Å². The smallest absolute Gasteiger partial charge is 0.410 e. The third kappa shape index (κ3) is 10.3. The van der Waals surface area contributed by atoms with E-state index >= 15 is 0 Å². The van der Waals surface area contributed by atoms with Crippen molar-refractivity contribution in [3.05, 3.63) is 130 Å². The summed E-state index contributed by atoms with van der Waals surface area (Å²) >= 11 is 0. The second-order valence-electron chi connectivity index (χ2n) is 18.3. The number of likely N-dealkylation sites (N-methyl/N-ethyl adjacent to an activating group) is 1. The molecule has 0 bridgehead atoms. The number of aliphatic hydroxyl groups is 2. The molecule has 0 saturated heterocycles. The predicted molar refractivity (Wildman–Crippen MR) is 245 cm³/mol. The van der Waals surface area contributed by atoms with Crippen LogP contribution in [-0.2, 0) is 20.9 Å². The van der Waals surface area contributed by atoms with Gasteiger partial charge in [-0.1, -0.05) is 81.3 Å². The summed E-state index contributed by atoms with van der Waals surface area (Å²) in [5.74, 6) is -0.252. The maximum Gasteiger partial charge on any atom is 0.410 e. The van der Waals surface area contributed by atoms with Crippen LogP contribution < -0.4 is 9.47 Å². The molecule has 4 aromatic carbocycles. The topological polar surface area (TPSA) is 162 Å². The third-order valence-corrected chi connectivity index (χ3v) is 12.5. The number of ether oxygens (including phenoxy) is 4. The van der Waals surface area contributed by atoms with Crippen LogP contribution in [0.1, 0.15) is 82.8 Å². The summed E-state index contributed by atoms with van der Waals surface area (Å²) in [6.45, 7) is 10.5. The maximum absolute atomic E-state index is 14.2. The molecule has 0 unspecified atom stereocenters. The lowest BCUT2D eigenvalue weighted by atomic mass is 9.55. The molecule has 13 nitrogen and oxygen atoms in total. The van der Waals surface area contributed by atoms with Crippen LogP contribution in [-0.4, -0.2) is 77.1 Å². The third-order valence-electron chi connectivity index (χ3n) is 12.5. The number of allylic oxidation sites excluding steroid dienone is 1. The Labute approximate surface area is 375 Å². The molecule has 0 spiro atoms. The number of nitro groups is 1. The molecule has 6 atom stereocenters. The first-order chi connectivity index (χ1) is 30.8. The van der Waals surface area contributed by atoms with Crippen molar-refractivity contribution < 1.29 is 43.7 Å². The van der Waals surface area contributed by atoms with Gasteiger partial charge in [-0.05, 0) is 107 Å². The van der Waals surface area contributed by atoms with Gasteiger partial charge >= 0.3 is 6.09 Å². The van der Waals surface area contributed by atoms with Crippen LogP contribution in [0.2, 0.25) is 0 Å². The van der Waals surface area contributed by atoms with Gasteiger partial charge in [0.25, 0.3) is 5.69 Å². The highest BCUT2D eigenvalue weighted by Crippen LogP contribution is 2.62. The van der Waals surface area contributed by atoms with E-state index in [-0.39, 0.29) is 68.3 Å². The lowest BCUT2D eigenvalue weighted by Gasteiger charge is -2.59. The summed E-state index contributed by atoms with van der Waals surface area (Å²) < 4.78 is 26.8. The zero-order chi connectivity index (χ0) is 45.4. The fraction of sp³-hybridized carbons (Fsp3) is 0.451. The van der Waals surface area contributed by atoms with Crippen molar-refractivity contribution in [1.29, 1.82) is 0 Å². The molecule has 1 saturated carbocycles. The molecule has 1 fully saturated rings. The van der Waals surface area contributed by atoms with E-state index in [1.807, 2.05) is 63.2 Å². The Hall–Kier alpha value is -5.76. The molecule has 4 aromatic rings. The zero-order valence-corrected chi connectivity index (χ0v) is 37.3. The average molecular weight is 876 g/mol. The van der Waals surface area contributed by atoms with Crippen LogP contribution in [0, 0.1) is 33.3 Å². The Morgan fingerprint density at radius 1 is 0.969 bits per heavy atom. The highest BCUT2D eigenvalue weighted by Gasteiger charge is 2.65. The Balaban J connectivity index is 1.39. The Kier molecular flexibility index (Phi) is 14.7. The highest BCUT2D eigenvalue weighted by atomic mass is 16.7. The summed E-state index contributed by atoms with van der Waals surface area (Å²) in [5.41, 5.74) is 2.81. The SMILES string of the molecule is C=CCO[C@@]12Oc3ccc(Oc4ccc5ccccc5c4)cc3[C@H]3[C@H](CCCCO)[C@@H](CCCCO)C=C(C(=NOCc4ccc([N+](=O)[O-])cc4)C[C@@H]1N(C)C(=O)OCC(C)(C)C)[C@H]32. The number of aliphatic hydroxyl groups excluding tert-OH is 2. The van der Waals surface area contributed by atoms with E-state index in [0.29, 0.717) is 41.4 Å². The zero-order valence-electron chi connectivity index (χ0n) is 37.3. The number of nitrogens with zero attached hydrogens (tertiary/aromatic N) is 3. The number of benzene rings is 4. The van der Waals surface area contributed by atoms with Crippen LogP contribution in [0.3, 0.4) is 0 Å². The normalized spacial score (nSPS) is 23.0. The largest absolute Gasteiger partial charge is 0.459 e. The van der Waals surface area contributed by atoms with Gasteiger partial charge in [0.15, 0.2) is 0 Å². The molecule has 340 valence electrons. The van der Waals surface area contributed by atoms with Crippen molar-refractivity contribution in [2.75, 3.05) is 33.5 Å². The van der Waals surface area contributed by atoms with Gasteiger partial charge in [0.2, 0.25) is 5.79 Å². The molecule has 2 N–H and O–H groups in total. The van der Waals surface area contributed by atoms with Gasteiger partial charge in [-0.3, -0.25) is 10.1 Å². The van der Waals surface area contributed by atoms with E-state index in [4.69, 9.17) is 28.9 Å². The Morgan fingerprint density at radius 3 is 2.38 bits per heavy atom. The fourth-order valence-electron chi connectivity index (χ4n) is 9.56. The number of nitro benzene ring substituents is 1. The number of unbranched alkanes of at least 4 members (excludes halogenated alkanes) is 2. The quantitative estimate of drug-likeness (QED) is 0.0401. The predicted octanol–water partition coefficient (Wildman–Crippen LogP) is 10.5. The van der Waals surface area contributed by atoms with Gasteiger partial charge in [-0.15, -0.1) is 6.58 Å². The van der Waals surface area contributed by atoms with E-state index < -0.39 is 28.8 Å². The molecule has 13 heteroatoms. The van der Waals surface area contributed by atoms with Gasteiger partial charge in [0.05, 0.1) is 29.8 Å². The molecule has 0 radical (unpaired) electrons. The summed E-state index contributed by atoms with van der Waals surface area (Å²) in [6.07, 6.45) is 8.02. The van der Waals surface area contributed by atoms with Crippen molar-refractivity contribution in [3.63, 3.8) is 0 Å². The monoisotopic (exact) mass is 875 g/mol. The number of carbonyl (C=O) groups is 1. The van der Waals surface area contributed by atoms with Crippen LogP contribution in [0.4, 0.5) is 10.5 Å². The molecular weight excluding hydrogens is 815 g/mol. The number of oxime groups is 1. The molecule has 1 aliphatic heterocycles. The molecule has 64 heavy (non-hydrogen) atoms. The van der Waals surface area contributed by atoms with Crippen molar-refractivity contribution in [1.82, 2.24) is 4.90 Å². The maximum atomic E-state index is 14.2. The molecule has 1 heterocycles. The molecular formula is C51H61N3O10. The second kappa shape index (κ2) is 20.4. The van der Waals surface area contributed by atoms with E-state index in [1.165, 1.54) is 12.1 Å². The van der Waals surface area contributed by atoms with Crippen molar-refractivity contribution in [2.24, 2.45) is 28.3 Å². The minimum atomic E-state index is -1.45. The number of fused-ring (bicyclic) bond motifs is 3. The van der Waals surface area contributed by atoms with Gasteiger partial charge in [0.1, 0.15) is 29.9 Å². The molecule has 1 amide bonds. The molecule has 0 aromatic heterocycles. The number of carbonyl (C=O) groups excluding carboxylic acids is 1. The lowest BCUT2D eigenvalue weighted by molar-refractivity contribution is -0.384. The van der Waals surface area contributed by atoms with Gasteiger partial charge in [-0.2, -0.15) is 0 Å². The molecule has 7 rings (SSSR count).